The number of carboxylic acids is 1. The Hall–Kier alpha value is -1.43. The van der Waals surface area contributed by atoms with E-state index < -0.39 is 5.97 Å². The summed E-state index contributed by atoms with van der Waals surface area (Å²) >= 11 is 0. The molecule has 6 heteroatoms. The first-order valence-corrected chi connectivity index (χ1v) is 6.55. The van der Waals surface area contributed by atoms with E-state index in [1.165, 1.54) is 0 Å². The van der Waals surface area contributed by atoms with Crippen molar-refractivity contribution in [1.29, 1.82) is 0 Å². The third kappa shape index (κ3) is 2.87. The van der Waals surface area contributed by atoms with Crippen LogP contribution in [0.4, 0.5) is 0 Å². The molecular formula is C12H20N4O2. The van der Waals surface area contributed by atoms with Gasteiger partial charge in [-0.25, -0.2) is 4.68 Å². The molecule has 1 N–H and O–H groups in total. The minimum atomic E-state index is -0.712. The fourth-order valence-electron chi connectivity index (χ4n) is 2.63. The largest absolute Gasteiger partial charge is 0.480 e. The monoisotopic (exact) mass is 252 g/mol. The van der Waals surface area contributed by atoms with Crippen LogP contribution in [0.5, 0.6) is 0 Å². The summed E-state index contributed by atoms with van der Waals surface area (Å²) in [7, 11) is 0. The molecule has 0 amide bonds. The Morgan fingerprint density at radius 3 is 3.06 bits per heavy atom. The van der Waals surface area contributed by atoms with Gasteiger partial charge in [0, 0.05) is 12.7 Å². The van der Waals surface area contributed by atoms with Gasteiger partial charge >= 0.3 is 5.97 Å². The Labute approximate surface area is 107 Å². The zero-order chi connectivity index (χ0) is 13.0. The molecular weight excluding hydrogens is 232 g/mol. The lowest BCUT2D eigenvalue weighted by atomic mass is 10.0. The van der Waals surface area contributed by atoms with Gasteiger partial charge in [0.2, 0.25) is 0 Å². The molecule has 0 saturated carbocycles. The van der Waals surface area contributed by atoms with Crippen molar-refractivity contribution in [2.24, 2.45) is 0 Å². The topological polar surface area (TPSA) is 71.2 Å². The highest BCUT2D eigenvalue weighted by Gasteiger charge is 2.30. The Morgan fingerprint density at radius 2 is 2.44 bits per heavy atom. The van der Waals surface area contributed by atoms with Crippen LogP contribution in [0.25, 0.3) is 0 Å². The number of hydrogen-bond acceptors (Lipinski definition) is 4. The van der Waals surface area contributed by atoms with E-state index in [2.05, 4.69) is 15.2 Å². The van der Waals surface area contributed by atoms with Gasteiger partial charge in [0.1, 0.15) is 6.04 Å². The van der Waals surface area contributed by atoms with E-state index >= 15 is 0 Å². The van der Waals surface area contributed by atoms with Crippen molar-refractivity contribution in [2.75, 3.05) is 13.1 Å². The average molecular weight is 252 g/mol. The van der Waals surface area contributed by atoms with Gasteiger partial charge in [0.05, 0.1) is 12.2 Å². The summed E-state index contributed by atoms with van der Waals surface area (Å²) in [5.74, 6) is -0.712. The molecule has 18 heavy (non-hydrogen) atoms. The van der Waals surface area contributed by atoms with Crippen molar-refractivity contribution in [3.8, 4) is 0 Å². The molecule has 2 heterocycles. The molecule has 1 aliphatic rings. The number of aliphatic carboxylic acids is 1. The van der Waals surface area contributed by atoms with Gasteiger partial charge in [-0.05, 0) is 25.8 Å². The van der Waals surface area contributed by atoms with E-state index in [-0.39, 0.29) is 12.1 Å². The normalized spacial score (nSPS) is 22.8. The van der Waals surface area contributed by atoms with Gasteiger partial charge in [-0.3, -0.25) is 9.69 Å². The molecule has 2 atom stereocenters. The SMILES string of the molecule is CCCC(C(=O)O)N1CCCC(n2ccnn2)C1. The number of carboxylic acid groups (broad SMARTS) is 1. The lowest BCUT2D eigenvalue weighted by molar-refractivity contribution is -0.144. The van der Waals surface area contributed by atoms with Gasteiger partial charge in [0.25, 0.3) is 0 Å². The van der Waals surface area contributed by atoms with Crippen LogP contribution in [-0.2, 0) is 4.79 Å². The van der Waals surface area contributed by atoms with Crippen LogP contribution in [0, 0.1) is 0 Å². The molecule has 0 bridgehead atoms. The number of rotatable bonds is 5. The fraction of sp³-hybridized carbons (Fsp3) is 0.750. The zero-order valence-electron chi connectivity index (χ0n) is 10.7. The van der Waals surface area contributed by atoms with Gasteiger partial charge in [-0.2, -0.15) is 0 Å². The van der Waals surface area contributed by atoms with E-state index in [0.29, 0.717) is 6.42 Å². The van der Waals surface area contributed by atoms with Crippen molar-refractivity contribution in [3.63, 3.8) is 0 Å². The minimum Gasteiger partial charge on any atom is -0.480 e. The summed E-state index contributed by atoms with van der Waals surface area (Å²) in [5.41, 5.74) is 0. The third-order valence-electron chi connectivity index (χ3n) is 3.53. The summed E-state index contributed by atoms with van der Waals surface area (Å²) in [6.45, 7) is 3.64. The number of carbonyl (C=O) groups is 1. The molecule has 0 aromatic carbocycles. The van der Waals surface area contributed by atoms with Crippen molar-refractivity contribution in [1.82, 2.24) is 19.9 Å². The van der Waals surface area contributed by atoms with Crippen molar-refractivity contribution >= 4 is 5.97 Å². The molecule has 0 aliphatic carbocycles. The first kappa shape index (κ1) is 13.0. The van der Waals surface area contributed by atoms with Crippen LogP contribution < -0.4 is 0 Å². The van der Waals surface area contributed by atoms with Gasteiger partial charge < -0.3 is 5.11 Å². The number of piperidine rings is 1. The Kier molecular flexibility index (Phi) is 4.30. The number of aromatic nitrogens is 3. The number of likely N-dealkylation sites (tertiary alicyclic amines) is 1. The van der Waals surface area contributed by atoms with Crippen molar-refractivity contribution in [2.45, 2.75) is 44.7 Å². The maximum Gasteiger partial charge on any atom is 0.320 e. The predicted octanol–water partition coefficient (Wildman–Crippen LogP) is 1.17. The summed E-state index contributed by atoms with van der Waals surface area (Å²) in [5, 5.41) is 17.1. The van der Waals surface area contributed by atoms with Gasteiger partial charge in [0.15, 0.2) is 0 Å². The molecule has 100 valence electrons. The molecule has 1 aromatic rings. The van der Waals surface area contributed by atoms with E-state index in [4.69, 9.17) is 0 Å². The Bertz CT molecular complexity index is 379. The smallest absolute Gasteiger partial charge is 0.320 e. The highest BCUT2D eigenvalue weighted by atomic mass is 16.4. The molecule has 1 aliphatic heterocycles. The maximum absolute atomic E-state index is 11.3. The van der Waals surface area contributed by atoms with E-state index in [0.717, 1.165) is 32.4 Å². The second kappa shape index (κ2) is 5.95. The minimum absolute atomic E-state index is 0.250. The highest BCUT2D eigenvalue weighted by Crippen LogP contribution is 2.23. The first-order chi connectivity index (χ1) is 8.72. The van der Waals surface area contributed by atoms with Crippen molar-refractivity contribution < 1.29 is 9.90 Å². The molecule has 1 fully saturated rings. The van der Waals surface area contributed by atoms with Crippen LogP contribution in [0.3, 0.4) is 0 Å². The quantitative estimate of drug-likeness (QED) is 0.851. The third-order valence-corrected chi connectivity index (χ3v) is 3.53. The van der Waals surface area contributed by atoms with Gasteiger partial charge in [-0.15, -0.1) is 5.10 Å². The molecule has 2 unspecified atom stereocenters. The zero-order valence-corrected chi connectivity index (χ0v) is 10.7. The second-order valence-electron chi connectivity index (χ2n) is 4.82. The molecule has 1 aromatic heterocycles. The van der Waals surface area contributed by atoms with Crippen LogP contribution in [0.15, 0.2) is 12.4 Å². The van der Waals surface area contributed by atoms with Crippen molar-refractivity contribution in [3.05, 3.63) is 12.4 Å². The molecule has 1 saturated heterocycles. The number of hydrogen-bond donors (Lipinski definition) is 1. The summed E-state index contributed by atoms with van der Waals surface area (Å²) in [6.07, 6.45) is 7.17. The molecule has 6 nitrogen and oxygen atoms in total. The van der Waals surface area contributed by atoms with Crippen LogP contribution >= 0.6 is 0 Å². The summed E-state index contributed by atoms with van der Waals surface area (Å²) in [4.78, 5) is 13.4. The van der Waals surface area contributed by atoms with Gasteiger partial charge in [-0.1, -0.05) is 18.6 Å². The second-order valence-corrected chi connectivity index (χ2v) is 4.82. The molecule has 2 rings (SSSR count). The van der Waals surface area contributed by atoms with E-state index in [1.54, 1.807) is 6.20 Å². The molecule has 0 radical (unpaired) electrons. The standard InChI is InChI=1S/C12H20N4O2/c1-2-4-11(12(17)18)15-7-3-5-10(9-15)16-8-6-13-14-16/h6,8,10-11H,2-5,7,9H2,1H3,(H,17,18). The van der Waals surface area contributed by atoms with Crippen LogP contribution in [0.2, 0.25) is 0 Å². The maximum atomic E-state index is 11.3. The van der Waals surface area contributed by atoms with E-state index in [1.807, 2.05) is 17.8 Å². The van der Waals surface area contributed by atoms with E-state index in [9.17, 15) is 9.90 Å². The van der Waals surface area contributed by atoms with Crippen LogP contribution in [-0.4, -0.2) is 50.1 Å². The average Bonchev–Trinajstić information content (AvgIpc) is 2.89. The van der Waals surface area contributed by atoms with Crippen LogP contribution in [0.1, 0.15) is 38.6 Å². The predicted molar refractivity (Wildman–Crippen MR) is 66.2 cm³/mol. The summed E-state index contributed by atoms with van der Waals surface area (Å²) < 4.78 is 1.84. The summed E-state index contributed by atoms with van der Waals surface area (Å²) in [6, 6.07) is -0.110. The first-order valence-electron chi connectivity index (χ1n) is 6.55. The Morgan fingerprint density at radius 1 is 1.61 bits per heavy atom. The fourth-order valence-corrected chi connectivity index (χ4v) is 2.63. The Balaban J connectivity index is 2.03. The highest BCUT2D eigenvalue weighted by molar-refractivity contribution is 5.73. The number of nitrogens with zero attached hydrogens (tertiary/aromatic N) is 4. The lowest BCUT2D eigenvalue weighted by Gasteiger charge is -2.36. The lowest BCUT2D eigenvalue weighted by Crippen LogP contribution is -2.47. The molecule has 0 spiro atoms.